The molecule has 1 unspecified atom stereocenters. The number of hydrogen-bond acceptors (Lipinski definition) is 1. The molecule has 0 fully saturated rings. The lowest BCUT2D eigenvalue weighted by molar-refractivity contribution is 0.715. The molecule has 1 atom stereocenters. The molecular formula is C12H17N. The second-order valence-corrected chi connectivity index (χ2v) is 3.38. The van der Waals surface area contributed by atoms with Crippen molar-refractivity contribution in [3.05, 3.63) is 48.2 Å². The maximum atomic E-state index is 3.74. The Kier molecular flexibility index (Phi) is 3.56. The van der Waals surface area contributed by atoms with Gasteiger partial charge >= 0.3 is 0 Å². The summed E-state index contributed by atoms with van der Waals surface area (Å²) < 4.78 is 0. The zero-order chi connectivity index (χ0) is 9.68. The first-order chi connectivity index (χ1) is 6.22. The van der Waals surface area contributed by atoms with E-state index >= 15 is 0 Å². The molecule has 0 spiro atoms. The fourth-order valence-electron chi connectivity index (χ4n) is 1.19. The smallest absolute Gasteiger partial charge is 0.0410 e. The highest BCUT2D eigenvalue weighted by Gasteiger charge is 1.99. The summed E-state index contributed by atoms with van der Waals surface area (Å²) in [5, 5.41) is 3.38. The van der Waals surface area contributed by atoms with Crippen LogP contribution in [0.4, 0.5) is 0 Å². The average molecular weight is 175 g/mol. The Morgan fingerprint density at radius 2 is 2.31 bits per heavy atom. The fraction of sp³-hybridized carbons (Fsp3) is 0.333. The van der Waals surface area contributed by atoms with Crippen LogP contribution in [0.15, 0.2) is 48.2 Å². The van der Waals surface area contributed by atoms with E-state index in [1.807, 2.05) is 6.08 Å². The third-order valence-corrected chi connectivity index (χ3v) is 2.03. The van der Waals surface area contributed by atoms with Crippen LogP contribution in [0.1, 0.15) is 20.3 Å². The highest BCUT2D eigenvalue weighted by molar-refractivity contribution is 5.29. The van der Waals surface area contributed by atoms with E-state index in [4.69, 9.17) is 0 Å². The molecule has 13 heavy (non-hydrogen) atoms. The third kappa shape index (κ3) is 3.32. The van der Waals surface area contributed by atoms with Gasteiger partial charge in [0.2, 0.25) is 0 Å². The molecule has 0 aromatic rings. The van der Waals surface area contributed by atoms with Crippen LogP contribution >= 0.6 is 0 Å². The lowest BCUT2D eigenvalue weighted by Gasteiger charge is -2.12. The summed E-state index contributed by atoms with van der Waals surface area (Å²) in [5.74, 6) is 0. The summed E-state index contributed by atoms with van der Waals surface area (Å²) in [5.41, 5.74) is 2.54. The summed E-state index contributed by atoms with van der Waals surface area (Å²) in [7, 11) is 0. The van der Waals surface area contributed by atoms with Gasteiger partial charge in [0.1, 0.15) is 0 Å². The Morgan fingerprint density at radius 3 is 3.00 bits per heavy atom. The van der Waals surface area contributed by atoms with Crippen LogP contribution in [-0.2, 0) is 0 Å². The number of hydrogen-bond donors (Lipinski definition) is 1. The second kappa shape index (κ2) is 4.70. The zero-order valence-corrected chi connectivity index (χ0v) is 8.38. The molecule has 0 radical (unpaired) electrons. The van der Waals surface area contributed by atoms with Crippen molar-refractivity contribution in [3.8, 4) is 0 Å². The Bertz CT molecular complexity index is 269. The molecule has 1 aliphatic carbocycles. The molecule has 0 saturated carbocycles. The van der Waals surface area contributed by atoms with Gasteiger partial charge in [-0.15, -0.1) is 6.58 Å². The van der Waals surface area contributed by atoms with Crippen molar-refractivity contribution < 1.29 is 0 Å². The quantitative estimate of drug-likeness (QED) is 0.650. The highest BCUT2D eigenvalue weighted by Crippen LogP contribution is 2.09. The number of rotatable bonds is 3. The van der Waals surface area contributed by atoms with Crippen molar-refractivity contribution in [1.82, 2.24) is 5.32 Å². The van der Waals surface area contributed by atoms with Gasteiger partial charge in [-0.1, -0.05) is 29.9 Å². The van der Waals surface area contributed by atoms with Crippen LogP contribution in [-0.4, -0.2) is 6.04 Å². The van der Waals surface area contributed by atoms with E-state index in [1.54, 1.807) is 0 Å². The van der Waals surface area contributed by atoms with Gasteiger partial charge in [0.05, 0.1) is 0 Å². The average Bonchev–Trinajstić information content (AvgIpc) is 2.31. The summed E-state index contributed by atoms with van der Waals surface area (Å²) in [6.45, 7) is 7.94. The van der Waals surface area contributed by atoms with E-state index in [-0.39, 0.29) is 0 Å². The van der Waals surface area contributed by atoms with Gasteiger partial charge in [0.25, 0.3) is 0 Å². The minimum absolute atomic E-state index is 0.339. The molecule has 1 N–H and O–H groups in total. The van der Waals surface area contributed by atoms with Crippen LogP contribution in [0.3, 0.4) is 0 Å². The SMILES string of the molecule is C=CC(C)NC1=CC=C(C)C=CC1. The van der Waals surface area contributed by atoms with Crippen LogP contribution in [0.2, 0.25) is 0 Å². The normalized spacial score (nSPS) is 18.3. The van der Waals surface area contributed by atoms with E-state index in [0.29, 0.717) is 6.04 Å². The molecule has 0 heterocycles. The number of allylic oxidation sites excluding steroid dienone is 5. The largest absolute Gasteiger partial charge is 0.382 e. The first-order valence-corrected chi connectivity index (χ1v) is 4.65. The van der Waals surface area contributed by atoms with Crippen molar-refractivity contribution in [2.45, 2.75) is 26.3 Å². The molecule has 0 amide bonds. The van der Waals surface area contributed by atoms with Crippen molar-refractivity contribution in [1.29, 1.82) is 0 Å². The first-order valence-electron chi connectivity index (χ1n) is 4.65. The van der Waals surface area contributed by atoms with Crippen LogP contribution in [0, 0.1) is 0 Å². The van der Waals surface area contributed by atoms with Crippen LogP contribution in [0.5, 0.6) is 0 Å². The topological polar surface area (TPSA) is 12.0 Å². The summed E-state index contributed by atoms with van der Waals surface area (Å²) >= 11 is 0. The summed E-state index contributed by atoms with van der Waals surface area (Å²) in [4.78, 5) is 0. The van der Waals surface area contributed by atoms with Crippen molar-refractivity contribution >= 4 is 0 Å². The van der Waals surface area contributed by atoms with Gasteiger partial charge in [-0.05, 0) is 19.9 Å². The molecular weight excluding hydrogens is 158 g/mol. The molecule has 0 aromatic heterocycles. The highest BCUT2D eigenvalue weighted by atomic mass is 14.9. The molecule has 1 aliphatic rings. The maximum Gasteiger partial charge on any atom is 0.0410 e. The lowest BCUT2D eigenvalue weighted by atomic mass is 10.2. The molecule has 1 nitrogen and oxygen atoms in total. The molecule has 0 aliphatic heterocycles. The van der Waals surface area contributed by atoms with E-state index in [0.717, 1.165) is 6.42 Å². The first kappa shape index (κ1) is 9.85. The molecule has 0 aromatic carbocycles. The van der Waals surface area contributed by atoms with E-state index in [2.05, 4.69) is 50.0 Å². The minimum atomic E-state index is 0.339. The second-order valence-electron chi connectivity index (χ2n) is 3.38. The fourth-order valence-corrected chi connectivity index (χ4v) is 1.19. The Hall–Kier alpha value is -1.24. The molecule has 70 valence electrons. The Morgan fingerprint density at radius 1 is 1.54 bits per heavy atom. The molecule has 0 saturated heterocycles. The van der Waals surface area contributed by atoms with Gasteiger partial charge < -0.3 is 5.32 Å². The van der Waals surface area contributed by atoms with E-state index in [1.165, 1.54) is 11.3 Å². The standard InChI is InChI=1S/C12H17N/c1-4-11(3)13-12-7-5-6-10(2)8-9-12/h4-6,8-9,11,13H,1,7H2,2-3H3. The zero-order valence-electron chi connectivity index (χ0n) is 8.38. The van der Waals surface area contributed by atoms with Gasteiger partial charge in [-0.3, -0.25) is 0 Å². The van der Waals surface area contributed by atoms with Gasteiger partial charge in [0.15, 0.2) is 0 Å². The van der Waals surface area contributed by atoms with Crippen molar-refractivity contribution in [2.24, 2.45) is 0 Å². The monoisotopic (exact) mass is 175 g/mol. The third-order valence-electron chi connectivity index (χ3n) is 2.03. The van der Waals surface area contributed by atoms with Crippen molar-refractivity contribution in [2.75, 3.05) is 0 Å². The Balaban J connectivity index is 2.61. The van der Waals surface area contributed by atoms with Gasteiger partial charge in [0, 0.05) is 18.2 Å². The van der Waals surface area contributed by atoms with E-state index in [9.17, 15) is 0 Å². The minimum Gasteiger partial charge on any atom is -0.382 e. The predicted molar refractivity (Wildman–Crippen MR) is 58.4 cm³/mol. The lowest BCUT2D eigenvalue weighted by Crippen LogP contribution is -2.22. The van der Waals surface area contributed by atoms with E-state index < -0.39 is 0 Å². The van der Waals surface area contributed by atoms with Gasteiger partial charge in [-0.2, -0.15) is 0 Å². The Labute approximate surface area is 80.5 Å². The number of nitrogens with one attached hydrogen (secondary N) is 1. The molecule has 0 bridgehead atoms. The van der Waals surface area contributed by atoms with Crippen LogP contribution in [0.25, 0.3) is 0 Å². The maximum absolute atomic E-state index is 3.74. The molecule has 1 heteroatoms. The predicted octanol–water partition coefficient (Wildman–Crippen LogP) is 2.94. The van der Waals surface area contributed by atoms with Crippen molar-refractivity contribution in [3.63, 3.8) is 0 Å². The van der Waals surface area contributed by atoms with Gasteiger partial charge in [-0.25, -0.2) is 0 Å². The van der Waals surface area contributed by atoms with Crippen LogP contribution < -0.4 is 5.32 Å². The molecule has 1 rings (SSSR count). The summed E-state index contributed by atoms with van der Waals surface area (Å²) in [6, 6.07) is 0.339. The summed E-state index contributed by atoms with van der Waals surface area (Å²) in [6.07, 6.45) is 11.5.